The molecule has 1 amide bonds. The minimum Gasteiger partial charge on any atom is -0.383 e. The number of hydrogen-bond donors (Lipinski definition) is 1. The van der Waals surface area contributed by atoms with Crippen LogP contribution in [0.5, 0.6) is 0 Å². The Kier molecular flexibility index (Phi) is 5.22. The highest BCUT2D eigenvalue weighted by Gasteiger charge is 2.45. The summed E-state index contributed by atoms with van der Waals surface area (Å²) < 4.78 is 7.55. The molecule has 2 N–H and O–H groups in total. The van der Waals surface area contributed by atoms with E-state index in [9.17, 15) is 4.79 Å². The predicted molar refractivity (Wildman–Crippen MR) is 101 cm³/mol. The van der Waals surface area contributed by atoms with E-state index in [1.807, 2.05) is 11.9 Å². The van der Waals surface area contributed by atoms with Crippen LogP contribution in [0.3, 0.4) is 0 Å². The summed E-state index contributed by atoms with van der Waals surface area (Å²) in [7, 11) is 3.70. The fourth-order valence-corrected chi connectivity index (χ4v) is 4.92. The third-order valence-electron chi connectivity index (χ3n) is 6.96. The van der Waals surface area contributed by atoms with Crippen molar-refractivity contribution in [2.45, 2.75) is 69.1 Å². The third-order valence-corrected chi connectivity index (χ3v) is 6.96. The number of piperidine rings is 1. The number of amides is 1. The Morgan fingerprint density at radius 3 is 2.56 bits per heavy atom. The number of rotatable bonds is 6. The molecule has 0 bridgehead atoms. The lowest BCUT2D eigenvalue weighted by Gasteiger charge is -2.43. The standard InChI is InChI=1S/C19H32N6O2/c1-23-17(26)3-4-19(23)5-7-24(8-6-19)13-16-21-22-18(14-11-15(20)12-14)25(16)9-10-27-2/h14-15H,3-13,20H2,1-2H3. The van der Waals surface area contributed by atoms with Gasteiger partial charge < -0.3 is 19.9 Å². The van der Waals surface area contributed by atoms with Crippen molar-refractivity contribution in [3.05, 3.63) is 11.6 Å². The third kappa shape index (κ3) is 3.50. The Morgan fingerprint density at radius 2 is 1.96 bits per heavy atom. The van der Waals surface area contributed by atoms with Gasteiger partial charge in [0.25, 0.3) is 0 Å². The van der Waals surface area contributed by atoms with E-state index in [1.54, 1.807) is 7.11 Å². The Labute approximate surface area is 161 Å². The van der Waals surface area contributed by atoms with Gasteiger partial charge in [0, 0.05) is 57.7 Å². The molecule has 4 rings (SSSR count). The summed E-state index contributed by atoms with van der Waals surface area (Å²) in [5.74, 6) is 2.82. The zero-order valence-electron chi connectivity index (χ0n) is 16.6. The monoisotopic (exact) mass is 376 g/mol. The van der Waals surface area contributed by atoms with Crippen LogP contribution in [0.15, 0.2) is 0 Å². The summed E-state index contributed by atoms with van der Waals surface area (Å²) in [5.41, 5.74) is 6.06. The van der Waals surface area contributed by atoms with Crippen molar-refractivity contribution in [1.29, 1.82) is 0 Å². The Morgan fingerprint density at radius 1 is 1.22 bits per heavy atom. The van der Waals surface area contributed by atoms with Crippen molar-refractivity contribution in [1.82, 2.24) is 24.6 Å². The lowest BCUT2D eigenvalue weighted by Crippen LogP contribution is -2.51. The Balaban J connectivity index is 1.41. The van der Waals surface area contributed by atoms with Gasteiger partial charge >= 0.3 is 0 Å². The molecule has 1 aromatic rings. The second-order valence-corrected chi connectivity index (χ2v) is 8.50. The SMILES string of the molecule is COCCn1c(CN2CCC3(CCC(=O)N3C)CC2)nnc1C1CC(N)C1. The molecule has 27 heavy (non-hydrogen) atoms. The maximum atomic E-state index is 12.0. The van der Waals surface area contributed by atoms with Crippen LogP contribution < -0.4 is 5.73 Å². The van der Waals surface area contributed by atoms with Crippen molar-refractivity contribution < 1.29 is 9.53 Å². The van der Waals surface area contributed by atoms with Gasteiger partial charge in [-0.2, -0.15) is 0 Å². The van der Waals surface area contributed by atoms with Gasteiger partial charge in [-0.25, -0.2) is 0 Å². The van der Waals surface area contributed by atoms with E-state index < -0.39 is 0 Å². The average Bonchev–Trinajstić information content (AvgIpc) is 3.15. The summed E-state index contributed by atoms with van der Waals surface area (Å²) >= 11 is 0. The topological polar surface area (TPSA) is 89.5 Å². The number of methoxy groups -OCH3 is 1. The molecule has 0 unspecified atom stereocenters. The molecule has 0 radical (unpaired) electrons. The first-order chi connectivity index (χ1) is 13.0. The molecule has 1 saturated carbocycles. The molecule has 0 atom stereocenters. The van der Waals surface area contributed by atoms with E-state index in [0.717, 1.165) is 69.9 Å². The summed E-state index contributed by atoms with van der Waals surface area (Å²) in [5, 5.41) is 9.02. The maximum Gasteiger partial charge on any atom is 0.222 e. The second kappa shape index (κ2) is 7.48. The van der Waals surface area contributed by atoms with Crippen LogP contribution in [0.4, 0.5) is 0 Å². The van der Waals surface area contributed by atoms with E-state index in [2.05, 4.69) is 19.7 Å². The fourth-order valence-electron chi connectivity index (χ4n) is 4.92. The van der Waals surface area contributed by atoms with Crippen molar-refractivity contribution in [2.75, 3.05) is 33.9 Å². The van der Waals surface area contributed by atoms with E-state index in [1.165, 1.54) is 0 Å². The zero-order chi connectivity index (χ0) is 19.0. The van der Waals surface area contributed by atoms with Crippen LogP contribution in [0.1, 0.15) is 56.1 Å². The van der Waals surface area contributed by atoms with E-state index in [0.29, 0.717) is 30.9 Å². The average molecular weight is 377 g/mol. The number of hydrogen-bond acceptors (Lipinski definition) is 6. The van der Waals surface area contributed by atoms with E-state index in [-0.39, 0.29) is 5.54 Å². The largest absolute Gasteiger partial charge is 0.383 e. The number of aromatic nitrogens is 3. The molecule has 8 heteroatoms. The van der Waals surface area contributed by atoms with Gasteiger partial charge in [-0.3, -0.25) is 9.69 Å². The first-order valence-corrected chi connectivity index (χ1v) is 10.2. The molecule has 1 aliphatic carbocycles. The van der Waals surface area contributed by atoms with Crippen LogP contribution in [-0.2, 0) is 22.6 Å². The lowest BCUT2D eigenvalue weighted by atomic mass is 9.80. The first-order valence-electron chi connectivity index (χ1n) is 10.2. The lowest BCUT2D eigenvalue weighted by molar-refractivity contribution is -0.130. The van der Waals surface area contributed by atoms with Crippen LogP contribution in [0.25, 0.3) is 0 Å². The number of ether oxygens (including phenoxy) is 1. The van der Waals surface area contributed by atoms with Gasteiger partial charge in [0.05, 0.1) is 13.2 Å². The minimum absolute atomic E-state index is 0.0878. The van der Waals surface area contributed by atoms with Gasteiger partial charge in [0.15, 0.2) is 0 Å². The van der Waals surface area contributed by atoms with Gasteiger partial charge in [-0.1, -0.05) is 0 Å². The van der Waals surface area contributed by atoms with E-state index >= 15 is 0 Å². The molecular weight excluding hydrogens is 344 g/mol. The normalized spacial score (nSPS) is 28.1. The number of carbonyl (C=O) groups excluding carboxylic acids is 1. The Hall–Kier alpha value is -1.51. The summed E-state index contributed by atoms with van der Waals surface area (Å²) in [6.07, 6.45) is 5.80. The number of likely N-dealkylation sites (tertiary alicyclic amines) is 2. The predicted octanol–water partition coefficient (Wildman–Crippen LogP) is 0.716. The molecule has 0 aromatic carbocycles. The summed E-state index contributed by atoms with van der Waals surface area (Å²) in [6, 6.07) is 0.301. The quantitative estimate of drug-likeness (QED) is 0.787. The van der Waals surface area contributed by atoms with Crippen molar-refractivity contribution in [3.8, 4) is 0 Å². The zero-order valence-corrected chi connectivity index (χ0v) is 16.6. The van der Waals surface area contributed by atoms with Crippen LogP contribution in [-0.4, -0.2) is 75.9 Å². The fraction of sp³-hybridized carbons (Fsp3) is 0.842. The first kappa shape index (κ1) is 18.8. The summed E-state index contributed by atoms with van der Waals surface area (Å²) in [6.45, 7) is 4.25. The highest BCUT2D eigenvalue weighted by molar-refractivity contribution is 5.79. The smallest absolute Gasteiger partial charge is 0.222 e. The second-order valence-electron chi connectivity index (χ2n) is 8.50. The van der Waals surface area contributed by atoms with Crippen molar-refractivity contribution in [3.63, 3.8) is 0 Å². The minimum atomic E-state index is 0.0878. The van der Waals surface area contributed by atoms with Crippen LogP contribution in [0, 0.1) is 0 Å². The van der Waals surface area contributed by atoms with Crippen molar-refractivity contribution in [2.24, 2.45) is 5.73 Å². The van der Waals surface area contributed by atoms with Crippen molar-refractivity contribution >= 4 is 5.91 Å². The molecule has 3 heterocycles. The van der Waals surface area contributed by atoms with Gasteiger partial charge in [0.2, 0.25) is 5.91 Å². The molecular formula is C19H32N6O2. The van der Waals surface area contributed by atoms with Crippen LogP contribution in [0.2, 0.25) is 0 Å². The highest BCUT2D eigenvalue weighted by Crippen LogP contribution is 2.38. The van der Waals surface area contributed by atoms with Gasteiger partial charge in [-0.15, -0.1) is 10.2 Å². The molecule has 8 nitrogen and oxygen atoms in total. The molecule has 3 fully saturated rings. The van der Waals surface area contributed by atoms with E-state index in [4.69, 9.17) is 10.5 Å². The summed E-state index contributed by atoms with van der Waals surface area (Å²) in [4.78, 5) is 16.4. The maximum absolute atomic E-state index is 12.0. The van der Waals surface area contributed by atoms with Gasteiger partial charge in [-0.05, 0) is 32.1 Å². The number of nitrogens with zero attached hydrogens (tertiary/aromatic N) is 5. The molecule has 3 aliphatic rings. The Bertz CT molecular complexity index is 676. The molecule has 2 aliphatic heterocycles. The number of nitrogens with two attached hydrogens (primary N) is 1. The molecule has 1 aromatic heterocycles. The van der Waals surface area contributed by atoms with Gasteiger partial charge in [0.1, 0.15) is 11.6 Å². The number of carbonyl (C=O) groups is 1. The highest BCUT2D eigenvalue weighted by atomic mass is 16.5. The molecule has 150 valence electrons. The van der Waals surface area contributed by atoms with Crippen LogP contribution >= 0.6 is 0 Å². The molecule has 1 spiro atoms. The molecule has 2 saturated heterocycles.